The molecule has 3 rings (SSSR count). The molecular formula is C23H34O4S2. The highest BCUT2D eigenvalue weighted by Gasteiger charge is 2.28. The zero-order chi connectivity index (χ0) is 21.1. The van der Waals surface area contributed by atoms with Crippen LogP contribution in [0.25, 0.3) is 10.8 Å². The van der Waals surface area contributed by atoms with E-state index >= 15 is 0 Å². The van der Waals surface area contributed by atoms with E-state index < -0.39 is 10.1 Å². The standard InChI is InChI=1S/C15H17OS.C8H18O3S/c1-16-14-8-9-15(17-10-4-5-11-17)13-7-3-2-6-12(13)14;1-2-3-4-5-6-7-8-12(9,10)11/h2-3,6-9H,4-5,10-11H2,1H3;2-8H2,1H3,(H,9,10,11)/q+1;/p-1. The smallest absolute Gasteiger partial charge is 0.162 e. The Morgan fingerprint density at radius 3 is 2.17 bits per heavy atom. The van der Waals surface area contributed by atoms with Crippen molar-refractivity contribution in [3.63, 3.8) is 0 Å². The average Bonchev–Trinajstić information content (AvgIpc) is 3.24. The number of rotatable bonds is 9. The lowest BCUT2D eigenvalue weighted by atomic mass is 10.1. The third kappa shape index (κ3) is 8.19. The molecule has 1 saturated heterocycles. The number of fused-ring (bicyclic) bond motifs is 1. The van der Waals surface area contributed by atoms with Crippen LogP contribution >= 0.6 is 0 Å². The van der Waals surface area contributed by atoms with Gasteiger partial charge in [-0.05, 0) is 37.5 Å². The highest BCUT2D eigenvalue weighted by atomic mass is 32.2. The van der Waals surface area contributed by atoms with Crippen LogP contribution in [0, 0.1) is 0 Å². The van der Waals surface area contributed by atoms with Crippen molar-refractivity contribution in [3.8, 4) is 5.75 Å². The molecule has 0 spiro atoms. The molecule has 0 saturated carbocycles. The van der Waals surface area contributed by atoms with Crippen molar-refractivity contribution in [1.29, 1.82) is 0 Å². The van der Waals surface area contributed by atoms with Gasteiger partial charge in [0.1, 0.15) is 17.3 Å². The summed E-state index contributed by atoms with van der Waals surface area (Å²) in [5, 5.41) is 2.64. The first-order valence-corrected chi connectivity index (χ1v) is 13.8. The Morgan fingerprint density at radius 1 is 0.931 bits per heavy atom. The van der Waals surface area contributed by atoms with Crippen LogP contribution in [0.3, 0.4) is 0 Å². The van der Waals surface area contributed by atoms with Gasteiger partial charge in [-0.1, -0.05) is 57.2 Å². The van der Waals surface area contributed by atoms with E-state index in [9.17, 15) is 13.0 Å². The van der Waals surface area contributed by atoms with Gasteiger partial charge >= 0.3 is 0 Å². The molecule has 0 amide bonds. The number of ether oxygens (including phenoxy) is 1. The molecule has 2 aromatic rings. The lowest BCUT2D eigenvalue weighted by Gasteiger charge is -2.08. The predicted octanol–water partition coefficient (Wildman–Crippen LogP) is 5.51. The average molecular weight is 439 g/mol. The highest BCUT2D eigenvalue weighted by molar-refractivity contribution is 7.97. The van der Waals surface area contributed by atoms with E-state index in [4.69, 9.17) is 4.74 Å². The second kappa shape index (κ2) is 12.5. The first-order chi connectivity index (χ1) is 14.0. The first kappa shape index (κ1) is 24.0. The van der Waals surface area contributed by atoms with Gasteiger partial charge in [0.15, 0.2) is 4.90 Å². The third-order valence-corrected chi connectivity index (χ3v) is 8.48. The summed E-state index contributed by atoms with van der Waals surface area (Å²) in [5.41, 5.74) is 0. The van der Waals surface area contributed by atoms with Crippen LogP contribution in [0.15, 0.2) is 41.3 Å². The molecule has 0 aliphatic carbocycles. The summed E-state index contributed by atoms with van der Waals surface area (Å²) in [4.78, 5) is 1.54. The minimum Gasteiger partial charge on any atom is -0.748 e. The molecule has 1 heterocycles. The summed E-state index contributed by atoms with van der Waals surface area (Å²) in [6.07, 6.45) is 8.74. The molecule has 0 N–H and O–H groups in total. The molecule has 0 radical (unpaired) electrons. The lowest BCUT2D eigenvalue weighted by Crippen LogP contribution is -2.04. The van der Waals surface area contributed by atoms with Gasteiger partial charge in [-0.25, -0.2) is 8.42 Å². The predicted molar refractivity (Wildman–Crippen MR) is 123 cm³/mol. The summed E-state index contributed by atoms with van der Waals surface area (Å²) in [7, 11) is -1.75. The Morgan fingerprint density at radius 2 is 1.55 bits per heavy atom. The number of hydrogen-bond donors (Lipinski definition) is 0. The monoisotopic (exact) mass is 438 g/mol. The van der Waals surface area contributed by atoms with Gasteiger partial charge in [0.05, 0.1) is 17.2 Å². The van der Waals surface area contributed by atoms with Crippen molar-refractivity contribution < 1.29 is 17.7 Å². The third-order valence-electron chi connectivity index (χ3n) is 5.15. The molecule has 1 aliphatic heterocycles. The Hall–Kier alpha value is -1.24. The zero-order valence-electron chi connectivity index (χ0n) is 17.7. The molecule has 0 unspecified atom stereocenters. The maximum Gasteiger partial charge on any atom is 0.162 e. The summed E-state index contributed by atoms with van der Waals surface area (Å²) in [5.74, 6) is 3.54. The van der Waals surface area contributed by atoms with Crippen molar-refractivity contribution in [2.45, 2.75) is 63.2 Å². The Balaban J connectivity index is 0.000000223. The quantitative estimate of drug-likeness (QED) is 0.294. The first-order valence-electron chi connectivity index (χ1n) is 10.6. The van der Waals surface area contributed by atoms with E-state index in [1.54, 1.807) is 12.0 Å². The van der Waals surface area contributed by atoms with Crippen LogP contribution in [0.1, 0.15) is 58.3 Å². The number of hydrogen-bond acceptors (Lipinski definition) is 4. The summed E-state index contributed by atoms with van der Waals surface area (Å²) >= 11 is 0. The number of unbranched alkanes of at least 4 members (excludes halogenated alkanes) is 5. The molecule has 2 aromatic carbocycles. The summed E-state index contributed by atoms with van der Waals surface area (Å²) in [6, 6.07) is 13.0. The molecule has 29 heavy (non-hydrogen) atoms. The van der Waals surface area contributed by atoms with Crippen LogP contribution < -0.4 is 4.74 Å². The van der Waals surface area contributed by atoms with E-state index in [2.05, 4.69) is 43.3 Å². The van der Waals surface area contributed by atoms with Gasteiger partial charge in [0, 0.05) is 27.4 Å². The maximum atomic E-state index is 10.2. The molecule has 162 valence electrons. The molecule has 4 nitrogen and oxygen atoms in total. The molecule has 0 aromatic heterocycles. The van der Waals surface area contributed by atoms with Crippen LogP contribution in [0.5, 0.6) is 5.75 Å². The lowest BCUT2D eigenvalue weighted by molar-refractivity contribution is 0.419. The fraction of sp³-hybridized carbons (Fsp3) is 0.565. The van der Waals surface area contributed by atoms with E-state index in [1.165, 1.54) is 48.0 Å². The van der Waals surface area contributed by atoms with Gasteiger partial charge in [-0.3, -0.25) is 0 Å². The van der Waals surface area contributed by atoms with Gasteiger partial charge < -0.3 is 9.29 Å². The van der Waals surface area contributed by atoms with Crippen LogP contribution in [0.4, 0.5) is 0 Å². The van der Waals surface area contributed by atoms with E-state index in [0.717, 1.165) is 25.0 Å². The minimum atomic E-state index is -3.97. The molecule has 1 aliphatic rings. The summed E-state index contributed by atoms with van der Waals surface area (Å²) < 4.78 is 35.9. The van der Waals surface area contributed by atoms with Crippen molar-refractivity contribution in [2.75, 3.05) is 24.4 Å². The van der Waals surface area contributed by atoms with E-state index in [0.29, 0.717) is 17.3 Å². The largest absolute Gasteiger partial charge is 0.748 e. The van der Waals surface area contributed by atoms with E-state index in [-0.39, 0.29) is 5.75 Å². The normalized spacial score (nSPS) is 14.6. The molecule has 1 fully saturated rings. The molecule has 0 atom stereocenters. The van der Waals surface area contributed by atoms with Crippen molar-refractivity contribution >= 4 is 31.8 Å². The van der Waals surface area contributed by atoms with Gasteiger partial charge in [-0.2, -0.15) is 0 Å². The highest BCUT2D eigenvalue weighted by Crippen LogP contribution is 2.34. The van der Waals surface area contributed by atoms with E-state index in [1.807, 2.05) is 0 Å². The number of methoxy groups -OCH3 is 1. The Labute approximate surface area is 179 Å². The fourth-order valence-corrected chi connectivity index (χ4v) is 6.66. The van der Waals surface area contributed by atoms with Gasteiger partial charge in [0.25, 0.3) is 0 Å². The van der Waals surface area contributed by atoms with Crippen LogP contribution in [-0.4, -0.2) is 37.3 Å². The maximum absolute atomic E-state index is 10.2. The van der Waals surface area contributed by atoms with Gasteiger partial charge in [-0.15, -0.1) is 0 Å². The SMILES string of the molecule is CCCCCCCCS(=O)(=O)[O-].COc1ccc([S+]2CCCC2)c2ccccc12. The van der Waals surface area contributed by atoms with Gasteiger partial charge in [0.2, 0.25) is 0 Å². The summed E-state index contributed by atoms with van der Waals surface area (Å²) in [6.45, 7) is 2.13. The topological polar surface area (TPSA) is 66.4 Å². The second-order valence-corrected chi connectivity index (χ2v) is 11.2. The molecule has 0 bridgehead atoms. The van der Waals surface area contributed by atoms with Crippen LogP contribution in [-0.2, 0) is 21.0 Å². The van der Waals surface area contributed by atoms with Crippen LogP contribution in [0.2, 0.25) is 0 Å². The zero-order valence-corrected chi connectivity index (χ0v) is 19.3. The van der Waals surface area contributed by atoms with Crippen molar-refractivity contribution in [3.05, 3.63) is 36.4 Å². The van der Waals surface area contributed by atoms with Crippen molar-refractivity contribution in [1.82, 2.24) is 0 Å². The van der Waals surface area contributed by atoms with Crippen molar-refractivity contribution in [2.24, 2.45) is 0 Å². The minimum absolute atomic E-state index is 0.195. The second-order valence-electron chi connectivity index (χ2n) is 7.45. The molecule has 6 heteroatoms. The fourth-order valence-electron chi connectivity index (χ4n) is 3.61. The Bertz CT molecular complexity index is 843. The number of benzene rings is 2. The molecular weight excluding hydrogens is 404 g/mol. The Kier molecular flexibility index (Phi) is 10.3.